The van der Waals surface area contributed by atoms with Gasteiger partial charge in [0, 0.05) is 54.9 Å². The number of aromatic nitrogens is 4. The molecule has 204 valence electrons. The Morgan fingerprint density at radius 2 is 1.90 bits per heavy atom. The number of thiophene rings is 1. The molecule has 1 N–H and O–H groups in total. The Morgan fingerprint density at radius 3 is 2.64 bits per heavy atom. The third kappa shape index (κ3) is 4.89. The molecule has 0 bridgehead atoms. The summed E-state index contributed by atoms with van der Waals surface area (Å²) in [5.74, 6) is 1.43. The van der Waals surface area contributed by atoms with Gasteiger partial charge in [0.25, 0.3) is 5.91 Å². The van der Waals surface area contributed by atoms with Crippen LogP contribution in [0.5, 0.6) is 0 Å². The normalized spacial score (nSPS) is 20.0. The summed E-state index contributed by atoms with van der Waals surface area (Å²) in [5, 5.41) is 3.10. The lowest BCUT2D eigenvalue weighted by molar-refractivity contribution is -0.137. The number of likely N-dealkylation sites (N-methyl/N-ethyl adjacent to an activating group) is 1. The molecule has 3 aromatic rings. The van der Waals surface area contributed by atoms with Crippen molar-refractivity contribution in [2.45, 2.75) is 61.7 Å². The number of thioether (sulfide) groups is 1. The number of fused-ring (bicyclic) bond motifs is 2. The van der Waals surface area contributed by atoms with Crippen LogP contribution in [0.15, 0.2) is 17.2 Å². The van der Waals surface area contributed by atoms with Gasteiger partial charge in [0.15, 0.2) is 5.82 Å². The molecule has 0 saturated heterocycles. The van der Waals surface area contributed by atoms with Crippen molar-refractivity contribution in [3.8, 4) is 10.6 Å². The Balaban J connectivity index is 1.27. The third-order valence-corrected chi connectivity index (χ3v) is 9.76. The fourth-order valence-corrected chi connectivity index (χ4v) is 7.44. The van der Waals surface area contributed by atoms with E-state index in [-0.39, 0.29) is 29.5 Å². The number of halogens is 3. The number of carbonyl (C=O) groups is 1. The standard InChI is InChI=1S/C26H26F3N7OS2/c1-35-7-6-16-17(12-35)31-20(13-2-3-13)23(32-16)34-25-30-11-15(26(27,28)29)21(33-25)18-10-19-22(39-18)24(37)36(8-9-38-19)14-4-5-14/h10-11,13-14H,2-9,12H2,1H3,(H,30,32,33,34). The molecule has 4 aliphatic rings. The van der Waals surface area contributed by atoms with Gasteiger partial charge >= 0.3 is 6.18 Å². The van der Waals surface area contributed by atoms with E-state index in [1.807, 2.05) is 11.9 Å². The average Bonchev–Trinajstić information content (AvgIpc) is 3.82. The summed E-state index contributed by atoms with van der Waals surface area (Å²) in [5.41, 5.74) is 1.50. The molecule has 0 aromatic carbocycles. The van der Waals surface area contributed by atoms with Crippen LogP contribution < -0.4 is 5.32 Å². The van der Waals surface area contributed by atoms with Gasteiger partial charge < -0.3 is 15.1 Å². The highest BCUT2D eigenvalue weighted by molar-refractivity contribution is 7.99. The van der Waals surface area contributed by atoms with Crippen LogP contribution in [0, 0.1) is 0 Å². The molecule has 13 heteroatoms. The minimum Gasteiger partial charge on any atom is -0.334 e. The second-order valence-electron chi connectivity index (χ2n) is 10.6. The maximum absolute atomic E-state index is 14.1. The van der Waals surface area contributed by atoms with Crippen LogP contribution >= 0.6 is 23.1 Å². The number of hydrogen-bond donors (Lipinski definition) is 1. The monoisotopic (exact) mass is 573 g/mol. The zero-order chi connectivity index (χ0) is 26.9. The van der Waals surface area contributed by atoms with Crippen LogP contribution in [-0.2, 0) is 19.1 Å². The lowest BCUT2D eigenvalue weighted by Crippen LogP contribution is -2.33. The van der Waals surface area contributed by atoms with Crippen molar-refractivity contribution in [1.82, 2.24) is 29.7 Å². The van der Waals surface area contributed by atoms with E-state index < -0.39 is 11.7 Å². The zero-order valence-electron chi connectivity index (χ0n) is 21.2. The zero-order valence-corrected chi connectivity index (χ0v) is 22.8. The Morgan fingerprint density at radius 1 is 1.08 bits per heavy atom. The van der Waals surface area contributed by atoms with Gasteiger partial charge in [-0.1, -0.05) is 0 Å². The number of anilines is 2. The summed E-state index contributed by atoms with van der Waals surface area (Å²) in [7, 11) is 2.05. The molecule has 8 nitrogen and oxygen atoms in total. The molecule has 7 rings (SSSR count). The number of hydrogen-bond acceptors (Lipinski definition) is 9. The first kappa shape index (κ1) is 25.2. The number of rotatable bonds is 5. The van der Waals surface area contributed by atoms with Crippen molar-refractivity contribution >= 4 is 40.8 Å². The molecule has 5 heterocycles. The summed E-state index contributed by atoms with van der Waals surface area (Å²) < 4.78 is 42.3. The van der Waals surface area contributed by atoms with E-state index in [9.17, 15) is 18.0 Å². The molecule has 1 amide bonds. The molecule has 2 fully saturated rings. The Hall–Kier alpha value is -2.77. The maximum Gasteiger partial charge on any atom is 0.420 e. The predicted octanol–water partition coefficient (Wildman–Crippen LogP) is 5.33. The molecule has 0 atom stereocenters. The van der Waals surface area contributed by atoms with Crippen LogP contribution in [0.2, 0.25) is 0 Å². The first-order valence-corrected chi connectivity index (χ1v) is 14.9. The van der Waals surface area contributed by atoms with Crippen molar-refractivity contribution in [1.29, 1.82) is 0 Å². The lowest BCUT2D eigenvalue weighted by Gasteiger charge is -2.24. The van der Waals surface area contributed by atoms with Crippen LogP contribution in [0.25, 0.3) is 10.6 Å². The van der Waals surface area contributed by atoms with Gasteiger partial charge in [-0.15, -0.1) is 23.1 Å². The fraction of sp³-hybridized carbons (Fsp3) is 0.500. The van der Waals surface area contributed by atoms with Crippen molar-refractivity contribution in [2.75, 3.05) is 31.2 Å². The molecule has 39 heavy (non-hydrogen) atoms. The van der Waals surface area contributed by atoms with E-state index in [4.69, 9.17) is 9.97 Å². The summed E-state index contributed by atoms with van der Waals surface area (Å²) in [6.45, 7) is 2.24. The highest BCUT2D eigenvalue weighted by atomic mass is 32.2. The Bertz CT molecular complexity index is 1470. The van der Waals surface area contributed by atoms with Gasteiger partial charge in [-0.25, -0.2) is 15.0 Å². The number of nitrogens with one attached hydrogen (secondary N) is 1. The quantitative estimate of drug-likeness (QED) is 0.438. The predicted molar refractivity (Wildman–Crippen MR) is 142 cm³/mol. The van der Waals surface area contributed by atoms with E-state index >= 15 is 0 Å². The minimum absolute atomic E-state index is 0.0317. The first-order valence-electron chi connectivity index (χ1n) is 13.1. The van der Waals surface area contributed by atoms with Crippen LogP contribution in [0.4, 0.5) is 24.9 Å². The Kier molecular flexibility index (Phi) is 6.08. The van der Waals surface area contributed by atoms with Gasteiger partial charge in [0.05, 0.1) is 27.7 Å². The third-order valence-electron chi connectivity index (χ3n) is 7.48. The van der Waals surface area contributed by atoms with Crippen molar-refractivity contribution < 1.29 is 18.0 Å². The molecule has 0 unspecified atom stereocenters. The van der Waals surface area contributed by atoms with Crippen molar-refractivity contribution in [3.63, 3.8) is 0 Å². The van der Waals surface area contributed by atoms with Gasteiger partial charge in [-0.2, -0.15) is 13.2 Å². The molecular formula is C26H26F3N7OS2. The molecule has 0 spiro atoms. The molecule has 2 saturated carbocycles. The van der Waals surface area contributed by atoms with Crippen molar-refractivity contribution in [2.24, 2.45) is 0 Å². The molecule has 2 aliphatic carbocycles. The highest BCUT2D eigenvalue weighted by Crippen LogP contribution is 2.45. The van der Waals surface area contributed by atoms with E-state index in [1.165, 1.54) is 11.8 Å². The second-order valence-corrected chi connectivity index (χ2v) is 12.8. The summed E-state index contributed by atoms with van der Waals surface area (Å²) >= 11 is 2.59. The van der Waals surface area contributed by atoms with E-state index in [2.05, 4.69) is 20.2 Å². The number of alkyl halides is 3. The number of nitrogens with zero attached hydrogens (tertiary/aromatic N) is 6. The molecular weight excluding hydrogens is 547 g/mol. The van der Waals surface area contributed by atoms with Gasteiger partial charge in [0.2, 0.25) is 5.95 Å². The van der Waals surface area contributed by atoms with Gasteiger partial charge in [0.1, 0.15) is 10.4 Å². The minimum atomic E-state index is -4.65. The van der Waals surface area contributed by atoms with Gasteiger partial charge in [-0.3, -0.25) is 9.78 Å². The lowest BCUT2D eigenvalue weighted by atomic mass is 10.1. The highest BCUT2D eigenvalue weighted by Gasteiger charge is 2.39. The second kappa shape index (κ2) is 9.41. The first-order chi connectivity index (χ1) is 18.7. The average molecular weight is 574 g/mol. The molecule has 0 radical (unpaired) electrons. The molecule has 2 aliphatic heterocycles. The van der Waals surface area contributed by atoms with Crippen LogP contribution in [0.1, 0.15) is 63.9 Å². The summed E-state index contributed by atoms with van der Waals surface area (Å²) in [4.78, 5) is 36.9. The maximum atomic E-state index is 14.1. The summed E-state index contributed by atoms with van der Waals surface area (Å²) in [6, 6.07) is 1.92. The van der Waals surface area contributed by atoms with Gasteiger partial charge in [-0.05, 0) is 38.8 Å². The van der Waals surface area contributed by atoms with E-state index in [1.54, 1.807) is 6.07 Å². The van der Waals surface area contributed by atoms with Crippen molar-refractivity contribution in [3.05, 3.63) is 39.8 Å². The molecule has 3 aromatic heterocycles. The van der Waals surface area contributed by atoms with E-state index in [0.29, 0.717) is 32.8 Å². The number of carbonyl (C=O) groups excluding carboxylic acids is 1. The largest absolute Gasteiger partial charge is 0.420 e. The summed E-state index contributed by atoms with van der Waals surface area (Å²) in [6.07, 6.45) is 0.884. The topological polar surface area (TPSA) is 87.1 Å². The number of amides is 1. The smallest absolute Gasteiger partial charge is 0.334 e. The SMILES string of the molecule is CN1CCc2nc(Nc3ncc(C(F)(F)F)c(-c4cc5c(s4)C(=O)N(C4CC4)CCS5)n3)c(C3CC3)nc2C1. The van der Waals surface area contributed by atoms with Crippen LogP contribution in [0.3, 0.4) is 0 Å². The fourth-order valence-electron chi connectivity index (χ4n) is 5.12. The Labute approximate surface area is 231 Å². The van der Waals surface area contributed by atoms with E-state index in [0.717, 1.165) is 79.8 Å². The van der Waals surface area contributed by atoms with Crippen LogP contribution in [-0.4, -0.2) is 67.6 Å².